The Morgan fingerprint density at radius 3 is 2.30 bits per heavy atom. The van der Waals surface area contributed by atoms with E-state index in [1.54, 1.807) is 6.07 Å². The van der Waals surface area contributed by atoms with Crippen molar-refractivity contribution in [1.29, 1.82) is 0 Å². The highest BCUT2D eigenvalue weighted by Crippen LogP contribution is 2.31. The maximum atomic E-state index is 12.9. The molecule has 0 spiro atoms. The average Bonchev–Trinajstić information content (AvgIpc) is 2.68. The second-order valence-corrected chi connectivity index (χ2v) is 9.83. The van der Waals surface area contributed by atoms with Crippen molar-refractivity contribution >= 4 is 27.5 Å². The molecule has 1 amide bonds. The molecule has 8 heteroatoms. The van der Waals surface area contributed by atoms with E-state index in [1.165, 1.54) is 23.5 Å². The number of rotatable bonds is 4. The first kappa shape index (κ1) is 20.4. The van der Waals surface area contributed by atoms with Gasteiger partial charge >= 0.3 is 0 Å². The number of sulfonamides is 1. The molecule has 150 valence electrons. The van der Waals surface area contributed by atoms with Crippen LogP contribution < -0.4 is 4.74 Å². The number of likely N-dealkylation sites (tertiary alicyclic amines) is 1. The van der Waals surface area contributed by atoms with E-state index in [-0.39, 0.29) is 21.7 Å². The molecule has 27 heavy (non-hydrogen) atoms. The zero-order valence-corrected chi connectivity index (χ0v) is 17.4. The number of ether oxygens (including phenoxy) is 1. The van der Waals surface area contributed by atoms with Gasteiger partial charge in [-0.3, -0.25) is 4.79 Å². The van der Waals surface area contributed by atoms with Gasteiger partial charge in [-0.25, -0.2) is 8.42 Å². The molecule has 0 radical (unpaired) electrons. The molecular formula is C19H27ClN2O4S. The van der Waals surface area contributed by atoms with Crippen LogP contribution in [-0.4, -0.2) is 56.8 Å². The highest BCUT2D eigenvalue weighted by atomic mass is 35.5. The summed E-state index contributed by atoms with van der Waals surface area (Å²) in [5.74, 6) is 1.23. The van der Waals surface area contributed by atoms with E-state index in [9.17, 15) is 13.2 Å². The van der Waals surface area contributed by atoms with Gasteiger partial charge in [0.05, 0.1) is 17.0 Å². The van der Waals surface area contributed by atoms with Crippen molar-refractivity contribution in [3.05, 3.63) is 23.2 Å². The summed E-state index contributed by atoms with van der Waals surface area (Å²) < 4.78 is 32.3. The number of halogens is 1. The first-order valence-corrected chi connectivity index (χ1v) is 11.3. The third kappa shape index (κ3) is 4.41. The van der Waals surface area contributed by atoms with E-state index >= 15 is 0 Å². The molecular weight excluding hydrogens is 388 g/mol. The Morgan fingerprint density at radius 2 is 1.74 bits per heavy atom. The topological polar surface area (TPSA) is 66.9 Å². The van der Waals surface area contributed by atoms with Gasteiger partial charge in [0.2, 0.25) is 15.9 Å². The third-order valence-corrected chi connectivity index (χ3v) is 7.85. The molecule has 1 aromatic rings. The Balaban J connectivity index is 1.62. The minimum atomic E-state index is -3.62. The summed E-state index contributed by atoms with van der Waals surface area (Å²) in [6.07, 6.45) is 3.23. The zero-order chi connectivity index (χ0) is 19.6. The van der Waals surface area contributed by atoms with E-state index in [4.69, 9.17) is 16.3 Å². The van der Waals surface area contributed by atoms with Gasteiger partial charge in [0.25, 0.3) is 0 Å². The van der Waals surface area contributed by atoms with Crippen LogP contribution in [0.1, 0.15) is 32.6 Å². The second kappa shape index (κ2) is 8.37. The number of piperidine rings is 2. The molecule has 6 nitrogen and oxygen atoms in total. The molecule has 2 heterocycles. The largest absolute Gasteiger partial charge is 0.495 e. The second-order valence-electron chi connectivity index (χ2n) is 7.48. The predicted octanol–water partition coefficient (Wildman–Crippen LogP) is 3.01. The highest BCUT2D eigenvalue weighted by Gasteiger charge is 2.34. The van der Waals surface area contributed by atoms with Crippen LogP contribution in [0.15, 0.2) is 23.1 Å². The van der Waals surface area contributed by atoms with Gasteiger partial charge in [-0.05, 0) is 49.8 Å². The Morgan fingerprint density at radius 1 is 1.11 bits per heavy atom. The molecule has 0 bridgehead atoms. The molecule has 0 saturated carbocycles. The average molecular weight is 415 g/mol. The fourth-order valence-corrected chi connectivity index (χ4v) is 5.61. The lowest BCUT2D eigenvalue weighted by atomic mass is 9.93. The molecule has 2 aliphatic rings. The molecule has 0 N–H and O–H groups in total. The van der Waals surface area contributed by atoms with E-state index in [1.807, 2.05) is 4.90 Å². The Hall–Kier alpha value is -1.31. The van der Waals surface area contributed by atoms with Crippen LogP contribution in [0.2, 0.25) is 5.02 Å². The van der Waals surface area contributed by atoms with Crippen molar-refractivity contribution in [1.82, 2.24) is 9.21 Å². The summed E-state index contributed by atoms with van der Waals surface area (Å²) in [6.45, 7) is 4.57. The van der Waals surface area contributed by atoms with Gasteiger partial charge in [0.1, 0.15) is 5.75 Å². The number of carbonyl (C=O) groups is 1. The Kier molecular flexibility index (Phi) is 6.33. The number of amides is 1. The molecule has 2 aliphatic heterocycles. The van der Waals surface area contributed by atoms with Crippen LogP contribution in [-0.2, 0) is 14.8 Å². The molecule has 0 aliphatic carbocycles. The summed E-state index contributed by atoms with van der Waals surface area (Å²) >= 11 is 6.08. The lowest BCUT2D eigenvalue weighted by Gasteiger charge is -2.36. The zero-order valence-electron chi connectivity index (χ0n) is 15.9. The molecule has 0 aromatic heterocycles. The molecule has 0 atom stereocenters. The van der Waals surface area contributed by atoms with Gasteiger partial charge in [-0.2, -0.15) is 4.31 Å². The van der Waals surface area contributed by atoms with E-state index in [0.717, 1.165) is 25.9 Å². The minimum Gasteiger partial charge on any atom is -0.495 e. The van der Waals surface area contributed by atoms with Gasteiger partial charge in [-0.1, -0.05) is 18.5 Å². The predicted molar refractivity (Wildman–Crippen MR) is 104 cm³/mol. The highest BCUT2D eigenvalue weighted by molar-refractivity contribution is 7.89. The van der Waals surface area contributed by atoms with Crippen molar-refractivity contribution in [2.75, 3.05) is 33.3 Å². The van der Waals surface area contributed by atoms with E-state index in [0.29, 0.717) is 37.6 Å². The summed E-state index contributed by atoms with van der Waals surface area (Å²) in [4.78, 5) is 14.8. The normalized spacial score (nSPS) is 20.6. The first-order valence-electron chi connectivity index (χ1n) is 9.45. The maximum Gasteiger partial charge on any atom is 0.243 e. The smallest absolute Gasteiger partial charge is 0.243 e. The first-order chi connectivity index (χ1) is 12.8. The van der Waals surface area contributed by atoms with Gasteiger partial charge in [-0.15, -0.1) is 0 Å². The quantitative estimate of drug-likeness (QED) is 0.759. The van der Waals surface area contributed by atoms with Crippen molar-refractivity contribution < 1.29 is 17.9 Å². The molecule has 3 rings (SSSR count). The van der Waals surface area contributed by atoms with Crippen molar-refractivity contribution in [2.45, 2.75) is 37.5 Å². The van der Waals surface area contributed by atoms with Crippen molar-refractivity contribution in [3.8, 4) is 5.75 Å². The third-order valence-electron chi connectivity index (χ3n) is 5.66. The lowest BCUT2D eigenvalue weighted by Crippen LogP contribution is -2.46. The molecule has 2 fully saturated rings. The Labute approximate surface area is 166 Å². The van der Waals surface area contributed by atoms with Crippen LogP contribution in [0.5, 0.6) is 5.75 Å². The van der Waals surface area contributed by atoms with Crippen LogP contribution in [0, 0.1) is 11.8 Å². The van der Waals surface area contributed by atoms with Crippen LogP contribution in [0.4, 0.5) is 0 Å². The monoisotopic (exact) mass is 414 g/mol. The summed E-state index contributed by atoms with van der Waals surface area (Å²) in [6, 6.07) is 4.48. The van der Waals surface area contributed by atoms with E-state index in [2.05, 4.69) is 6.92 Å². The molecule has 0 unspecified atom stereocenters. The summed E-state index contributed by atoms with van der Waals surface area (Å²) in [5.41, 5.74) is 0. The fourth-order valence-electron chi connectivity index (χ4n) is 3.79. The maximum absolute atomic E-state index is 12.9. The number of methoxy groups -OCH3 is 1. The number of hydrogen-bond donors (Lipinski definition) is 0. The summed E-state index contributed by atoms with van der Waals surface area (Å²) in [7, 11) is -2.14. The summed E-state index contributed by atoms with van der Waals surface area (Å²) in [5, 5.41) is 0.267. The number of benzene rings is 1. The van der Waals surface area contributed by atoms with Crippen LogP contribution >= 0.6 is 11.6 Å². The van der Waals surface area contributed by atoms with Gasteiger partial charge in [0, 0.05) is 32.1 Å². The van der Waals surface area contributed by atoms with Crippen molar-refractivity contribution in [3.63, 3.8) is 0 Å². The fraction of sp³-hybridized carbons (Fsp3) is 0.632. The van der Waals surface area contributed by atoms with Crippen molar-refractivity contribution in [2.24, 2.45) is 11.8 Å². The van der Waals surface area contributed by atoms with E-state index < -0.39 is 10.0 Å². The standard InChI is InChI=1S/C19H27ClN2O4S/c1-14-5-9-21(10-6-14)19(23)15-7-11-22(12-8-15)27(24,25)16-3-4-18(26-2)17(20)13-16/h3-4,13-15H,5-12H2,1-2H3. The van der Waals surface area contributed by atoms with Crippen LogP contribution in [0.25, 0.3) is 0 Å². The SMILES string of the molecule is COc1ccc(S(=O)(=O)N2CCC(C(=O)N3CCC(C)CC3)CC2)cc1Cl. The lowest BCUT2D eigenvalue weighted by molar-refractivity contribution is -0.138. The minimum absolute atomic E-state index is 0.0793. The van der Waals surface area contributed by atoms with Gasteiger partial charge < -0.3 is 9.64 Å². The number of hydrogen-bond acceptors (Lipinski definition) is 4. The number of carbonyl (C=O) groups excluding carboxylic acids is 1. The number of nitrogens with zero attached hydrogens (tertiary/aromatic N) is 2. The van der Waals surface area contributed by atoms with Gasteiger partial charge in [0.15, 0.2) is 0 Å². The molecule has 2 saturated heterocycles. The van der Waals surface area contributed by atoms with Crippen LogP contribution in [0.3, 0.4) is 0 Å². The molecule has 1 aromatic carbocycles. The Bertz CT molecular complexity index is 783.